The summed E-state index contributed by atoms with van der Waals surface area (Å²) in [5.41, 5.74) is 0. The number of ether oxygens (including phenoxy) is 1. The van der Waals surface area contributed by atoms with Crippen LogP contribution in [0.2, 0.25) is 0 Å². The monoisotopic (exact) mass is 173 g/mol. The lowest BCUT2D eigenvalue weighted by atomic mass is 10.2. The Balaban J connectivity index is 2.11. The van der Waals surface area contributed by atoms with Gasteiger partial charge in [0.1, 0.15) is 0 Å². The molecular weight excluding hydrogens is 154 g/mol. The van der Waals surface area contributed by atoms with Crippen molar-refractivity contribution in [3.05, 3.63) is 0 Å². The standard InChI is InChI=1S/C9H19NO2/c11-7-3-5-10-4-1-2-8-12-9-6-10/h11H,1-9H2. The molecule has 72 valence electrons. The maximum absolute atomic E-state index is 8.66. The first kappa shape index (κ1) is 9.96. The Labute approximate surface area is 74.3 Å². The highest BCUT2D eigenvalue weighted by molar-refractivity contribution is 4.60. The molecule has 1 aliphatic heterocycles. The van der Waals surface area contributed by atoms with Gasteiger partial charge >= 0.3 is 0 Å². The van der Waals surface area contributed by atoms with E-state index >= 15 is 0 Å². The van der Waals surface area contributed by atoms with Gasteiger partial charge in [0.05, 0.1) is 6.61 Å². The fourth-order valence-electron chi connectivity index (χ4n) is 1.46. The Hall–Kier alpha value is -0.120. The zero-order chi connectivity index (χ0) is 8.65. The van der Waals surface area contributed by atoms with E-state index in [-0.39, 0.29) is 0 Å². The molecule has 12 heavy (non-hydrogen) atoms. The number of aliphatic hydroxyl groups excluding tert-OH is 1. The highest BCUT2D eigenvalue weighted by Gasteiger charge is 2.06. The molecule has 0 aromatic carbocycles. The third kappa shape index (κ3) is 4.04. The van der Waals surface area contributed by atoms with Crippen LogP contribution >= 0.6 is 0 Å². The van der Waals surface area contributed by atoms with E-state index in [1.165, 1.54) is 19.4 Å². The molecule has 3 nitrogen and oxygen atoms in total. The lowest BCUT2D eigenvalue weighted by Crippen LogP contribution is -2.32. The Morgan fingerprint density at radius 2 is 2.08 bits per heavy atom. The van der Waals surface area contributed by atoms with Crippen LogP contribution in [0.3, 0.4) is 0 Å². The molecule has 0 amide bonds. The van der Waals surface area contributed by atoms with Crippen LogP contribution in [0.5, 0.6) is 0 Å². The maximum Gasteiger partial charge on any atom is 0.0593 e. The van der Waals surface area contributed by atoms with Crippen LogP contribution < -0.4 is 0 Å². The first-order valence-electron chi connectivity index (χ1n) is 4.84. The fourth-order valence-corrected chi connectivity index (χ4v) is 1.46. The number of nitrogens with zero attached hydrogens (tertiary/aromatic N) is 1. The predicted molar refractivity (Wildman–Crippen MR) is 48.2 cm³/mol. The number of hydrogen-bond donors (Lipinski definition) is 1. The van der Waals surface area contributed by atoms with Crippen molar-refractivity contribution in [1.29, 1.82) is 0 Å². The minimum absolute atomic E-state index is 0.303. The molecule has 3 heteroatoms. The molecule has 1 rings (SSSR count). The smallest absolute Gasteiger partial charge is 0.0593 e. The Morgan fingerprint density at radius 1 is 1.17 bits per heavy atom. The summed E-state index contributed by atoms with van der Waals surface area (Å²) >= 11 is 0. The van der Waals surface area contributed by atoms with Crippen LogP contribution in [0.1, 0.15) is 19.3 Å². The largest absolute Gasteiger partial charge is 0.396 e. The van der Waals surface area contributed by atoms with Crippen LogP contribution in [-0.4, -0.2) is 49.5 Å². The Kier molecular flexibility index (Phi) is 5.32. The zero-order valence-corrected chi connectivity index (χ0v) is 7.67. The van der Waals surface area contributed by atoms with E-state index < -0.39 is 0 Å². The number of hydrogen-bond acceptors (Lipinski definition) is 3. The van der Waals surface area contributed by atoms with Gasteiger partial charge in [0.2, 0.25) is 0 Å². The molecule has 1 saturated heterocycles. The molecule has 0 atom stereocenters. The number of aliphatic hydroxyl groups is 1. The topological polar surface area (TPSA) is 32.7 Å². The summed E-state index contributed by atoms with van der Waals surface area (Å²) < 4.78 is 5.38. The van der Waals surface area contributed by atoms with E-state index in [2.05, 4.69) is 4.90 Å². The van der Waals surface area contributed by atoms with E-state index in [1.54, 1.807) is 0 Å². The quantitative estimate of drug-likeness (QED) is 0.674. The highest BCUT2D eigenvalue weighted by atomic mass is 16.5. The molecule has 1 aliphatic rings. The van der Waals surface area contributed by atoms with E-state index in [0.29, 0.717) is 6.61 Å². The third-order valence-electron chi connectivity index (χ3n) is 2.20. The van der Waals surface area contributed by atoms with Gasteiger partial charge in [0.15, 0.2) is 0 Å². The summed E-state index contributed by atoms with van der Waals surface area (Å²) in [5.74, 6) is 0. The molecule has 0 aromatic heterocycles. The lowest BCUT2D eigenvalue weighted by molar-refractivity contribution is 0.0780. The van der Waals surface area contributed by atoms with Crippen molar-refractivity contribution in [2.45, 2.75) is 19.3 Å². The minimum atomic E-state index is 0.303. The Morgan fingerprint density at radius 3 is 2.92 bits per heavy atom. The Bertz CT molecular complexity index is 97.9. The van der Waals surface area contributed by atoms with Crippen molar-refractivity contribution in [2.75, 3.05) is 39.5 Å². The van der Waals surface area contributed by atoms with Crippen LogP contribution in [0, 0.1) is 0 Å². The van der Waals surface area contributed by atoms with Gasteiger partial charge in [-0.15, -0.1) is 0 Å². The van der Waals surface area contributed by atoms with Crippen molar-refractivity contribution < 1.29 is 9.84 Å². The zero-order valence-electron chi connectivity index (χ0n) is 7.67. The van der Waals surface area contributed by atoms with Crippen LogP contribution in [0.25, 0.3) is 0 Å². The molecule has 0 aromatic rings. The van der Waals surface area contributed by atoms with Crippen molar-refractivity contribution >= 4 is 0 Å². The molecule has 0 unspecified atom stereocenters. The summed E-state index contributed by atoms with van der Waals surface area (Å²) in [7, 11) is 0. The van der Waals surface area contributed by atoms with Crippen molar-refractivity contribution in [1.82, 2.24) is 4.90 Å². The molecule has 1 N–H and O–H groups in total. The third-order valence-corrected chi connectivity index (χ3v) is 2.20. The maximum atomic E-state index is 8.66. The highest BCUT2D eigenvalue weighted by Crippen LogP contribution is 2.01. The average Bonchev–Trinajstić information content (AvgIpc) is 2.02. The summed E-state index contributed by atoms with van der Waals surface area (Å²) in [6, 6.07) is 0. The summed E-state index contributed by atoms with van der Waals surface area (Å²) in [6.07, 6.45) is 3.29. The second-order valence-corrected chi connectivity index (χ2v) is 3.24. The van der Waals surface area contributed by atoms with Gasteiger partial charge in [-0.1, -0.05) is 0 Å². The van der Waals surface area contributed by atoms with Crippen LogP contribution in [0.4, 0.5) is 0 Å². The summed E-state index contributed by atoms with van der Waals surface area (Å²) in [6.45, 7) is 5.29. The SMILES string of the molecule is OCCCN1CCCCOCC1. The molecule has 0 spiro atoms. The van der Waals surface area contributed by atoms with E-state index in [9.17, 15) is 0 Å². The second kappa shape index (κ2) is 6.40. The van der Waals surface area contributed by atoms with Gasteiger partial charge in [0.25, 0.3) is 0 Å². The minimum Gasteiger partial charge on any atom is -0.396 e. The van der Waals surface area contributed by atoms with Crippen LogP contribution in [-0.2, 0) is 4.74 Å². The molecule has 1 heterocycles. The second-order valence-electron chi connectivity index (χ2n) is 3.24. The van der Waals surface area contributed by atoms with Gasteiger partial charge in [0, 0.05) is 26.3 Å². The molecular formula is C9H19NO2. The fraction of sp³-hybridized carbons (Fsp3) is 1.00. The average molecular weight is 173 g/mol. The normalized spacial score (nSPS) is 21.8. The summed E-state index contributed by atoms with van der Waals surface area (Å²) in [5, 5.41) is 8.66. The van der Waals surface area contributed by atoms with Crippen LogP contribution in [0.15, 0.2) is 0 Å². The van der Waals surface area contributed by atoms with Gasteiger partial charge in [-0.25, -0.2) is 0 Å². The molecule has 0 aliphatic carbocycles. The molecule has 1 fully saturated rings. The van der Waals surface area contributed by atoms with Gasteiger partial charge in [-0.2, -0.15) is 0 Å². The van der Waals surface area contributed by atoms with Crippen molar-refractivity contribution in [2.24, 2.45) is 0 Å². The lowest BCUT2D eigenvalue weighted by Gasteiger charge is -2.23. The molecule has 0 bridgehead atoms. The van der Waals surface area contributed by atoms with Gasteiger partial charge in [-0.05, 0) is 25.8 Å². The first-order chi connectivity index (χ1) is 5.93. The van der Waals surface area contributed by atoms with E-state index in [0.717, 1.165) is 32.7 Å². The number of rotatable bonds is 3. The van der Waals surface area contributed by atoms with Crippen molar-refractivity contribution in [3.8, 4) is 0 Å². The van der Waals surface area contributed by atoms with Gasteiger partial charge in [-0.3, -0.25) is 0 Å². The first-order valence-corrected chi connectivity index (χ1v) is 4.84. The molecule has 0 saturated carbocycles. The molecule has 0 radical (unpaired) electrons. The summed E-state index contributed by atoms with van der Waals surface area (Å²) in [4.78, 5) is 2.37. The predicted octanol–water partition coefficient (Wildman–Crippen LogP) is 0.481. The van der Waals surface area contributed by atoms with Gasteiger partial charge < -0.3 is 14.7 Å². The van der Waals surface area contributed by atoms with Crippen molar-refractivity contribution in [3.63, 3.8) is 0 Å². The van der Waals surface area contributed by atoms with E-state index in [1.807, 2.05) is 0 Å². The van der Waals surface area contributed by atoms with E-state index in [4.69, 9.17) is 9.84 Å².